The maximum atomic E-state index is 5.18. The van der Waals surface area contributed by atoms with Crippen molar-refractivity contribution >= 4 is 29.9 Å². The number of unbranched alkanes of at least 4 members (excludes halogenated alkanes) is 3. The largest absolute Gasteiger partial charge is 0.383 e. The number of halogens is 1. The van der Waals surface area contributed by atoms with Gasteiger partial charge in [-0.1, -0.05) is 32.6 Å². The van der Waals surface area contributed by atoms with Gasteiger partial charge in [0, 0.05) is 32.8 Å². The summed E-state index contributed by atoms with van der Waals surface area (Å²) in [5.41, 5.74) is 0. The van der Waals surface area contributed by atoms with Crippen LogP contribution in [0.5, 0.6) is 0 Å². The summed E-state index contributed by atoms with van der Waals surface area (Å²) in [7, 11) is 1.78. The molecule has 0 aromatic heterocycles. The molecule has 1 unspecified atom stereocenters. The van der Waals surface area contributed by atoms with Gasteiger partial charge in [-0.2, -0.15) is 0 Å². The first-order chi connectivity index (χ1) is 12.2. The van der Waals surface area contributed by atoms with Gasteiger partial charge in [0.25, 0.3) is 0 Å². The molecule has 0 amide bonds. The number of hydrogen-bond donors (Lipinski definition) is 2. The molecule has 2 N–H and O–H groups in total. The second-order valence-electron chi connectivity index (χ2n) is 7.39. The van der Waals surface area contributed by atoms with E-state index < -0.39 is 0 Å². The predicted octanol–water partition coefficient (Wildman–Crippen LogP) is 3.88. The van der Waals surface area contributed by atoms with E-state index in [1.165, 1.54) is 58.0 Å². The Balaban J connectivity index is 0.00000625. The molecular formula is C20H43IN4O. The highest BCUT2D eigenvalue weighted by Crippen LogP contribution is 2.17. The van der Waals surface area contributed by atoms with Gasteiger partial charge < -0.3 is 20.3 Å². The summed E-state index contributed by atoms with van der Waals surface area (Å²) in [5.74, 6) is 1.71. The van der Waals surface area contributed by atoms with Crippen molar-refractivity contribution in [2.24, 2.45) is 10.9 Å². The number of nitrogens with one attached hydrogen (secondary N) is 2. The van der Waals surface area contributed by atoms with Gasteiger partial charge in [0.2, 0.25) is 0 Å². The SMILES string of the molecule is CCCCCCC(C)NC(=NCC1CCN(CCOC)CC1)NCC.I. The number of guanidine groups is 1. The van der Waals surface area contributed by atoms with E-state index in [-0.39, 0.29) is 24.0 Å². The van der Waals surface area contributed by atoms with Gasteiger partial charge in [-0.25, -0.2) is 0 Å². The molecule has 1 aliphatic rings. The number of hydrogen-bond acceptors (Lipinski definition) is 3. The van der Waals surface area contributed by atoms with E-state index in [9.17, 15) is 0 Å². The fourth-order valence-electron chi connectivity index (χ4n) is 3.34. The van der Waals surface area contributed by atoms with E-state index in [1.807, 2.05) is 0 Å². The Morgan fingerprint density at radius 2 is 1.92 bits per heavy atom. The molecule has 0 aromatic carbocycles. The van der Waals surface area contributed by atoms with Crippen molar-refractivity contribution < 1.29 is 4.74 Å². The van der Waals surface area contributed by atoms with Crippen LogP contribution in [0.2, 0.25) is 0 Å². The maximum absolute atomic E-state index is 5.18. The Morgan fingerprint density at radius 3 is 2.54 bits per heavy atom. The standard InChI is InChI=1S/C20H42N4O.HI/c1-5-7-8-9-10-18(3)23-20(21-6-2)22-17-19-11-13-24(14-12-19)15-16-25-4;/h18-19H,5-17H2,1-4H3,(H2,21,22,23);1H. The van der Waals surface area contributed by atoms with Crippen LogP contribution in [0.4, 0.5) is 0 Å². The number of ether oxygens (including phenoxy) is 1. The minimum atomic E-state index is 0. The van der Waals surface area contributed by atoms with E-state index in [2.05, 4.69) is 36.3 Å². The van der Waals surface area contributed by atoms with Crippen molar-refractivity contribution in [1.82, 2.24) is 15.5 Å². The normalized spacial score (nSPS) is 17.6. The van der Waals surface area contributed by atoms with E-state index in [1.54, 1.807) is 7.11 Å². The highest BCUT2D eigenvalue weighted by Gasteiger charge is 2.18. The second-order valence-corrected chi connectivity index (χ2v) is 7.39. The van der Waals surface area contributed by atoms with Crippen molar-refractivity contribution in [2.75, 3.05) is 46.4 Å². The zero-order chi connectivity index (χ0) is 18.3. The molecular weight excluding hydrogens is 439 g/mol. The fourth-order valence-corrected chi connectivity index (χ4v) is 3.34. The maximum Gasteiger partial charge on any atom is 0.191 e. The van der Waals surface area contributed by atoms with Crippen LogP contribution in [0.25, 0.3) is 0 Å². The Hall–Kier alpha value is -0.0800. The highest BCUT2D eigenvalue weighted by molar-refractivity contribution is 14.0. The lowest BCUT2D eigenvalue weighted by Gasteiger charge is -2.31. The minimum absolute atomic E-state index is 0. The van der Waals surface area contributed by atoms with Crippen LogP contribution in [0.15, 0.2) is 4.99 Å². The first-order valence-electron chi connectivity index (χ1n) is 10.5. The van der Waals surface area contributed by atoms with Crippen molar-refractivity contribution in [3.63, 3.8) is 0 Å². The number of aliphatic imine (C=N–C) groups is 1. The number of nitrogens with zero attached hydrogens (tertiary/aromatic N) is 2. The lowest BCUT2D eigenvalue weighted by Crippen LogP contribution is -2.43. The van der Waals surface area contributed by atoms with Gasteiger partial charge >= 0.3 is 0 Å². The van der Waals surface area contributed by atoms with Crippen LogP contribution in [0.3, 0.4) is 0 Å². The zero-order valence-electron chi connectivity index (χ0n) is 17.6. The molecule has 6 heteroatoms. The molecule has 0 bridgehead atoms. The summed E-state index contributed by atoms with van der Waals surface area (Å²) < 4.78 is 5.18. The average molecular weight is 482 g/mol. The molecule has 0 spiro atoms. The lowest BCUT2D eigenvalue weighted by molar-refractivity contribution is 0.121. The van der Waals surface area contributed by atoms with E-state index in [0.29, 0.717) is 12.0 Å². The van der Waals surface area contributed by atoms with Crippen LogP contribution in [0.1, 0.15) is 65.7 Å². The lowest BCUT2D eigenvalue weighted by atomic mass is 9.97. The third-order valence-electron chi connectivity index (χ3n) is 5.04. The topological polar surface area (TPSA) is 48.9 Å². The zero-order valence-corrected chi connectivity index (χ0v) is 19.9. The summed E-state index contributed by atoms with van der Waals surface area (Å²) in [6, 6.07) is 0.491. The number of methoxy groups -OCH3 is 1. The molecule has 1 aliphatic heterocycles. The molecule has 0 radical (unpaired) electrons. The van der Waals surface area contributed by atoms with Crippen LogP contribution >= 0.6 is 24.0 Å². The monoisotopic (exact) mass is 482 g/mol. The molecule has 0 aromatic rings. The van der Waals surface area contributed by atoms with Crippen LogP contribution in [-0.4, -0.2) is 63.3 Å². The summed E-state index contributed by atoms with van der Waals surface area (Å²) in [5, 5.41) is 6.99. The molecule has 1 rings (SSSR count). The Kier molecular flexibility index (Phi) is 17.0. The first kappa shape index (κ1) is 25.9. The Morgan fingerprint density at radius 1 is 1.19 bits per heavy atom. The smallest absolute Gasteiger partial charge is 0.191 e. The highest BCUT2D eigenvalue weighted by atomic mass is 127. The Bertz CT molecular complexity index is 347. The van der Waals surface area contributed by atoms with Crippen molar-refractivity contribution in [1.29, 1.82) is 0 Å². The van der Waals surface area contributed by atoms with E-state index in [0.717, 1.165) is 32.2 Å². The summed E-state index contributed by atoms with van der Waals surface area (Å²) in [4.78, 5) is 7.37. The van der Waals surface area contributed by atoms with Crippen LogP contribution in [-0.2, 0) is 4.74 Å². The molecule has 1 fully saturated rings. The van der Waals surface area contributed by atoms with Gasteiger partial charge in [-0.3, -0.25) is 4.99 Å². The predicted molar refractivity (Wildman–Crippen MR) is 124 cm³/mol. The second kappa shape index (κ2) is 17.0. The molecule has 0 aliphatic carbocycles. The molecule has 26 heavy (non-hydrogen) atoms. The quantitative estimate of drug-likeness (QED) is 0.192. The van der Waals surface area contributed by atoms with Gasteiger partial charge in [-0.05, 0) is 52.1 Å². The molecule has 1 atom stereocenters. The Labute approximate surface area is 179 Å². The van der Waals surface area contributed by atoms with Crippen LogP contribution in [0, 0.1) is 5.92 Å². The summed E-state index contributed by atoms with van der Waals surface area (Å²) in [6.07, 6.45) is 9.03. The van der Waals surface area contributed by atoms with Crippen molar-refractivity contribution in [3.8, 4) is 0 Å². The molecule has 1 heterocycles. The van der Waals surface area contributed by atoms with Gasteiger partial charge in [0.05, 0.1) is 6.61 Å². The third kappa shape index (κ3) is 12.3. The number of rotatable bonds is 12. The summed E-state index contributed by atoms with van der Waals surface area (Å²) in [6.45, 7) is 12.8. The van der Waals surface area contributed by atoms with Crippen molar-refractivity contribution in [2.45, 2.75) is 71.8 Å². The van der Waals surface area contributed by atoms with Gasteiger partial charge in [0.15, 0.2) is 5.96 Å². The number of likely N-dealkylation sites (tertiary alicyclic amines) is 1. The average Bonchev–Trinajstić information content (AvgIpc) is 2.62. The third-order valence-corrected chi connectivity index (χ3v) is 5.04. The van der Waals surface area contributed by atoms with Gasteiger partial charge in [-0.15, -0.1) is 24.0 Å². The first-order valence-corrected chi connectivity index (χ1v) is 10.5. The van der Waals surface area contributed by atoms with E-state index >= 15 is 0 Å². The van der Waals surface area contributed by atoms with Gasteiger partial charge in [0.1, 0.15) is 0 Å². The molecule has 1 saturated heterocycles. The van der Waals surface area contributed by atoms with Crippen molar-refractivity contribution in [3.05, 3.63) is 0 Å². The minimum Gasteiger partial charge on any atom is -0.383 e. The number of piperidine rings is 1. The van der Waals surface area contributed by atoms with Crippen LogP contribution < -0.4 is 10.6 Å². The molecule has 0 saturated carbocycles. The molecule has 5 nitrogen and oxygen atoms in total. The van der Waals surface area contributed by atoms with E-state index in [4.69, 9.17) is 9.73 Å². The fraction of sp³-hybridized carbons (Fsp3) is 0.950. The summed E-state index contributed by atoms with van der Waals surface area (Å²) >= 11 is 0. The molecule has 156 valence electrons.